The first-order chi connectivity index (χ1) is 8.97. The Morgan fingerprint density at radius 1 is 1.11 bits per heavy atom. The molecule has 0 atom stereocenters. The van der Waals surface area contributed by atoms with E-state index in [1.807, 2.05) is 0 Å². The zero-order chi connectivity index (χ0) is 13.9. The van der Waals surface area contributed by atoms with Gasteiger partial charge in [-0.05, 0) is 38.1 Å². The minimum atomic E-state index is -4.35. The van der Waals surface area contributed by atoms with E-state index in [4.69, 9.17) is 0 Å². The Balaban J connectivity index is 1.92. The van der Waals surface area contributed by atoms with Crippen molar-refractivity contribution in [2.45, 2.75) is 25.4 Å². The van der Waals surface area contributed by atoms with Crippen LogP contribution in [0.15, 0.2) is 24.3 Å². The van der Waals surface area contributed by atoms with E-state index in [0.29, 0.717) is 18.5 Å². The maximum Gasteiger partial charge on any atom is 0.416 e. The third kappa shape index (κ3) is 3.80. The molecule has 1 heterocycles. The highest BCUT2D eigenvalue weighted by Gasteiger charge is 2.30. The summed E-state index contributed by atoms with van der Waals surface area (Å²) in [6, 6.07) is 4.44. The lowest BCUT2D eigenvalue weighted by Crippen LogP contribution is -2.22. The zero-order valence-corrected chi connectivity index (χ0v) is 10.5. The third-order valence-corrected chi connectivity index (χ3v) is 3.39. The Bertz CT molecular complexity index is 433. The minimum Gasteiger partial charge on any atom is -0.303 e. The molecule has 0 bridgehead atoms. The van der Waals surface area contributed by atoms with E-state index in [0.717, 1.165) is 38.1 Å². The molecular weight excluding hydrogens is 255 g/mol. The summed E-state index contributed by atoms with van der Waals surface area (Å²) in [6.07, 6.45) is -1.66. The molecule has 0 radical (unpaired) electrons. The number of benzene rings is 1. The summed E-state index contributed by atoms with van der Waals surface area (Å²) in [5.41, 5.74) is -0.365. The van der Waals surface area contributed by atoms with Crippen LogP contribution in [0.4, 0.5) is 13.2 Å². The first kappa shape index (κ1) is 14.1. The molecule has 0 spiro atoms. The highest BCUT2D eigenvalue weighted by molar-refractivity contribution is 5.96. The summed E-state index contributed by atoms with van der Waals surface area (Å²) in [5.74, 6) is -0.0966. The van der Waals surface area contributed by atoms with Gasteiger partial charge in [0.1, 0.15) is 0 Å². The molecule has 0 aliphatic carbocycles. The topological polar surface area (TPSA) is 20.3 Å². The number of nitrogens with zero attached hydrogens (tertiary/aromatic N) is 1. The normalized spacial score (nSPS) is 16.8. The van der Waals surface area contributed by atoms with Gasteiger partial charge in [-0.15, -0.1) is 0 Å². The zero-order valence-electron chi connectivity index (χ0n) is 10.5. The number of halogens is 3. The van der Waals surface area contributed by atoms with E-state index in [1.165, 1.54) is 12.1 Å². The number of hydrogen-bond acceptors (Lipinski definition) is 2. The van der Waals surface area contributed by atoms with Crippen LogP contribution in [-0.2, 0) is 6.18 Å². The van der Waals surface area contributed by atoms with Crippen LogP contribution in [0.5, 0.6) is 0 Å². The van der Waals surface area contributed by atoms with Gasteiger partial charge in [-0.1, -0.05) is 12.1 Å². The lowest BCUT2D eigenvalue weighted by Gasteiger charge is -2.13. The molecule has 1 aromatic carbocycles. The molecule has 19 heavy (non-hydrogen) atoms. The van der Waals surface area contributed by atoms with Crippen molar-refractivity contribution in [1.82, 2.24) is 4.90 Å². The average molecular weight is 271 g/mol. The molecule has 2 nitrogen and oxygen atoms in total. The van der Waals surface area contributed by atoms with Crippen LogP contribution < -0.4 is 0 Å². The van der Waals surface area contributed by atoms with Gasteiger partial charge in [0.15, 0.2) is 5.78 Å². The van der Waals surface area contributed by atoms with Gasteiger partial charge < -0.3 is 4.90 Å². The minimum absolute atomic E-state index is 0.0966. The molecule has 1 fully saturated rings. The van der Waals surface area contributed by atoms with E-state index in [-0.39, 0.29) is 5.78 Å². The van der Waals surface area contributed by atoms with E-state index in [1.54, 1.807) is 0 Å². The summed E-state index contributed by atoms with van der Waals surface area (Å²) in [5, 5.41) is 0. The molecule has 0 amide bonds. The number of Topliss-reactive ketones (excluding diaryl/α,β-unsaturated/α-hetero) is 1. The monoisotopic (exact) mass is 271 g/mol. The summed E-state index contributed by atoms with van der Waals surface area (Å²) in [4.78, 5) is 14.1. The van der Waals surface area contributed by atoms with Crippen molar-refractivity contribution in [2.24, 2.45) is 0 Å². The van der Waals surface area contributed by atoms with E-state index in [2.05, 4.69) is 4.90 Å². The number of carbonyl (C=O) groups is 1. The number of rotatable bonds is 4. The third-order valence-electron chi connectivity index (χ3n) is 3.39. The van der Waals surface area contributed by atoms with Crippen LogP contribution in [0.3, 0.4) is 0 Å². The van der Waals surface area contributed by atoms with Crippen molar-refractivity contribution >= 4 is 5.78 Å². The first-order valence-electron chi connectivity index (χ1n) is 6.39. The van der Waals surface area contributed by atoms with Crippen molar-refractivity contribution in [3.8, 4) is 0 Å². The fourth-order valence-electron chi connectivity index (χ4n) is 2.26. The number of likely N-dealkylation sites (tertiary alicyclic amines) is 1. The highest BCUT2D eigenvalue weighted by atomic mass is 19.4. The van der Waals surface area contributed by atoms with E-state index in [9.17, 15) is 18.0 Å². The second kappa shape index (κ2) is 5.74. The summed E-state index contributed by atoms with van der Waals surface area (Å²) >= 11 is 0. The Morgan fingerprint density at radius 3 is 2.21 bits per heavy atom. The van der Waals surface area contributed by atoms with Crippen molar-refractivity contribution in [3.63, 3.8) is 0 Å². The van der Waals surface area contributed by atoms with Crippen LogP contribution >= 0.6 is 0 Å². The fourth-order valence-corrected chi connectivity index (χ4v) is 2.26. The van der Waals surface area contributed by atoms with Gasteiger partial charge in [0, 0.05) is 18.5 Å². The summed E-state index contributed by atoms with van der Waals surface area (Å²) in [7, 11) is 0. The molecule has 104 valence electrons. The van der Waals surface area contributed by atoms with Crippen LogP contribution in [0.2, 0.25) is 0 Å². The molecule has 1 aliphatic heterocycles. The molecule has 0 unspecified atom stereocenters. The molecular formula is C14H16F3NO. The molecule has 2 rings (SSSR count). The van der Waals surface area contributed by atoms with Crippen LogP contribution in [0, 0.1) is 0 Å². The fraction of sp³-hybridized carbons (Fsp3) is 0.500. The Kier molecular flexibility index (Phi) is 4.24. The predicted octanol–water partition coefficient (Wildman–Crippen LogP) is 3.37. The SMILES string of the molecule is O=C(CCN1CCCC1)c1ccc(C(F)(F)F)cc1. The number of hydrogen-bond donors (Lipinski definition) is 0. The number of carbonyl (C=O) groups excluding carboxylic acids is 1. The van der Waals surface area contributed by atoms with E-state index >= 15 is 0 Å². The lowest BCUT2D eigenvalue weighted by atomic mass is 10.1. The van der Waals surface area contributed by atoms with Gasteiger partial charge in [0.05, 0.1) is 5.56 Å². The molecule has 0 aromatic heterocycles. The smallest absolute Gasteiger partial charge is 0.303 e. The Hall–Kier alpha value is -1.36. The molecule has 1 aromatic rings. The number of ketones is 1. The van der Waals surface area contributed by atoms with Gasteiger partial charge in [0.25, 0.3) is 0 Å². The molecule has 1 saturated heterocycles. The van der Waals surface area contributed by atoms with Crippen LogP contribution in [0.25, 0.3) is 0 Å². The van der Waals surface area contributed by atoms with Gasteiger partial charge in [-0.3, -0.25) is 4.79 Å². The van der Waals surface area contributed by atoms with Crippen LogP contribution in [-0.4, -0.2) is 30.3 Å². The van der Waals surface area contributed by atoms with Crippen molar-refractivity contribution in [2.75, 3.05) is 19.6 Å². The average Bonchev–Trinajstić information content (AvgIpc) is 2.88. The maximum absolute atomic E-state index is 12.4. The molecule has 0 N–H and O–H groups in total. The molecule has 5 heteroatoms. The van der Waals surface area contributed by atoms with E-state index < -0.39 is 11.7 Å². The Labute approximate surface area is 110 Å². The maximum atomic E-state index is 12.4. The second-order valence-electron chi connectivity index (χ2n) is 4.80. The van der Waals surface area contributed by atoms with Crippen molar-refractivity contribution in [3.05, 3.63) is 35.4 Å². The molecule has 0 saturated carbocycles. The predicted molar refractivity (Wildman–Crippen MR) is 66.1 cm³/mol. The van der Waals surface area contributed by atoms with Crippen LogP contribution in [0.1, 0.15) is 35.2 Å². The second-order valence-corrected chi connectivity index (χ2v) is 4.80. The Morgan fingerprint density at radius 2 is 1.68 bits per heavy atom. The van der Waals surface area contributed by atoms with Gasteiger partial charge in [0.2, 0.25) is 0 Å². The van der Waals surface area contributed by atoms with Gasteiger partial charge in [-0.2, -0.15) is 13.2 Å². The highest BCUT2D eigenvalue weighted by Crippen LogP contribution is 2.29. The van der Waals surface area contributed by atoms with Crippen molar-refractivity contribution < 1.29 is 18.0 Å². The van der Waals surface area contributed by atoms with Crippen molar-refractivity contribution in [1.29, 1.82) is 0 Å². The molecule has 1 aliphatic rings. The first-order valence-corrected chi connectivity index (χ1v) is 6.39. The van der Waals surface area contributed by atoms with Gasteiger partial charge in [-0.25, -0.2) is 0 Å². The van der Waals surface area contributed by atoms with Gasteiger partial charge >= 0.3 is 6.18 Å². The largest absolute Gasteiger partial charge is 0.416 e. The summed E-state index contributed by atoms with van der Waals surface area (Å²) in [6.45, 7) is 2.72. The standard InChI is InChI=1S/C14H16F3NO/c15-14(16,17)12-5-3-11(4-6-12)13(19)7-10-18-8-1-2-9-18/h3-6H,1-2,7-10H2. The quantitative estimate of drug-likeness (QED) is 0.782. The number of alkyl halides is 3. The lowest BCUT2D eigenvalue weighted by molar-refractivity contribution is -0.137. The summed E-state index contributed by atoms with van der Waals surface area (Å²) < 4.78 is 37.1.